The maximum absolute atomic E-state index is 13.2. The Bertz CT molecular complexity index is 1380. The lowest BCUT2D eigenvalue weighted by Crippen LogP contribution is -2.43. The number of halogens is 1. The summed E-state index contributed by atoms with van der Waals surface area (Å²) in [6.45, 7) is 3.33. The van der Waals surface area contributed by atoms with Crippen LogP contribution in [-0.4, -0.2) is 56.2 Å². The van der Waals surface area contributed by atoms with Crippen molar-refractivity contribution >= 4 is 27.8 Å². The van der Waals surface area contributed by atoms with Crippen LogP contribution in [-0.2, 0) is 7.05 Å². The lowest BCUT2D eigenvalue weighted by molar-refractivity contribution is 0.332. The molecule has 170 valence electrons. The average molecular weight is 447 g/mol. The maximum Gasteiger partial charge on any atom is 0.130 e. The molecule has 0 bridgehead atoms. The van der Waals surface area contributed by atoms with Crippen molar-refractivity contribution < 1.29 is 9.50 Å². The molecule has 8 heteroatoms. The minimum atomic E-state index is -0.283. The molecule has 0 radical (unpaired) electrons. The van der Waals surface area contributed by atoms with Crippen LogP contribution in [0.2, 0.25) is 0 Å². The Balaban J connectivity index is 1.28. The number of fused-ring (bicyclic) bond motifs is 2. The molecule has 1 aliphatic heterocycles. The quantitative estimate of drug-likeness (QED) is 0.485. The fraction of sp³-hybridized carbons (Fsp3) is 0.400. The Labute approximate surface area is 191 Å². The van der Waals surface area contributed by atoms with Gasteiger partial charge < -0.3 is 15.3 Å². The van der Waals surface area contributed by atoms with Gasteiger partial charge in [-0.2, -0.15) is 5.10 Å². The topological polar surface area (TPSA) is 79.1 Å². The second kappa shape index (κ2) is 7.38. The number of alkyl halides is 1. The number of hydrogen-bond acceptors (Lipinski definition) is 6. The zero-order valence-electron chi connectivity index (χ0n) is 18.8. The van der Waals surface area contributed by atoms with Crippen molar-refractivity contribution in [2.75, 3.05) is 24.7 Å². The molecule has 3 aromatic heterocycles. The van der Waals surface area contributed by atoms with Gasteiger partial charge in [-0.15, -0.1) is 0 Å². The van der Waals surface area contributed by atoms with Crippen molar-refractivity contribution in [2.45, 2.75) is 37.8 Å². The van der Waals surface area contributed by atoms with Crippen molar-refractivity contribution in [2.24, 2.45) is 7.05 Å². The number of pyridine rings is 2. The number of anilines is 1. The summed E-state index contributed by atoms with van der Waals surface area (Å²) in [5.74, 6) is 1.12. The fourth-order valence-corrected chi connectivity index (χ4v) is 4.95. The number of hydrogen-bond donors (Lipinski definition) is 2. The summed E-state index contributed by atoms with van der Waals surface area (Å²) < 4.78 is 15.0. The van der Waals surface area contributed by atoms with Gasteiger partial charge in [-0.1, -0.05) is 0 Å². The number of phenols is 1. The molecule has 6 rings (SSSR count). The third-order valence-corrected chi connectivity index (χ3v) is 7.06. The highest BCUT2D eigenvalue weighted by Gasteiger charge is 2.45. The number of phenolic OH excluding ortho intramolecular Hbond substituents is 1. The largest absolute Gasteiger partial charge is 0.507 e. The molecule has 1 unspecified atom stereocenters. The summed E-state index contributed by atoms with van der Waals surface area (Å²) >= 11 is 0. The second-order valence-corrected chi connectivity index (χ2v) is 9.53. The smallest absolute Gasteiger partial charge is 0.130 e. The number of nitrogens with zero attached hydrogens (tertiary/aromatic N) is 5. The van der Waals surface area contributed by atoms with Gasteiger partial charge in [0.2, 0.25) is 0 Å². The lowest BCUT2D eigenvalue weighted by atomic mass is 10.0. The van der Waals surface area contributed by atoms with Crippen LogP contribution in [0.4, 0.5) is 10.2 Å². The van der Waals surface area contributed by atoms with Crippen LogP contribution in [0.1, 0.15) is 24.8 Å². The van der Waals surface area contributed by atoms with Gasteiger partial charge in [-0.3, -0.25) is 4.68 Å². The number of aryl methyl sites for hydroxylation is 2. The SMILES string of the molecule is Cc1c(O)c(-c2ccc3nc(N4CCC(NC5(CF)CC5)C4)ccc3n2)cc2cn(C)nc12. The van der Waals surface area contributed by atoms with Crippen LogP contribution in [0.3, 0.4) is 0 Å². The Morgan fingerprint density at radius 3 is 2.76 bits per heavy atom. The molecule has 4 aromatic rings. The van der Waals surface area contributed by atoms with Gasteiger partial charge in [0, 0.05) is 54.4 Å². The van der Waals surface area contributed by atoms with Gasteiger partial charge in [-0.25, -0.2) is 14.4 Å². The monoisotopic (exact) mass is 446 g/mol. The molecule has 2 fully saturated rings. The molecule has 7 nitrogen and oxygen atoms in total. The predicted molar refractivity (Wildman–Crippen MR) is 127 cm³/mol. The molecule has 1 saturated heterocycles. The van der Waals surface area contributed by atoms with E-state index >= 15 is 0 Å². The van der Waals surface area contributed by atoms with Crippen molar-refractivity contribution in [3.8, 4) is 17.0 Å². The zero-order valence-corrected chi connectivity index (χ0v) is 18.8. The molecule has 33 heavy (non-hydrogen) atoms. The van der Waals surface area contributed by atoms with Crippen molar-refractivity contribution in [3.63, 3.8) is 0 Å². The molecule has 0 spiro atoms. The van der Waals surface area contributed by atoms with Crippen LogP contribution in [0, 0.1) is 6.92 Å². The van der Waals surface area contributed by atoms with Gasteiger partial charge >= 0.3 is 0 Å². The first kappa shape index (κ1) is 20.4. The van der Waals surface area contributed by atoms with E-state index in [2.05, 4.69) is 15.3 Å². The van der Waals surface area contributed by atoms with E-state index in [-0.39, 0.29) is 18.0 Å². The van der Waals surface area contributed by atoms with E-state index in [4.69, 9.17) is 9.97 Å². The van der Waals surface area contributed by atoms with Gasteiger partial charge in [0.1, 0.15) is 18.2 Å². The third-order valence-electron chi connectivity index (χ3n) is 7.06. The first-order chi connectivity index (χ1) is 15.9. The summed E-state index contributed by atoms with van der Waals surface area (Å²) in [6, 6.07) is 10.1. The van der Waals surface area contributed by atoms with E-state index in [0.29, 0.717) is 17.3 Å². The first-order valence-corrected chi connectivity index (χ1v) is 11.5. The number of aromatic hydroxyl groups is 1. The molecule has 1 aliphatic carbocycles. The number of aromatic nitrogens is 4. The van der Waals surface area contributed by atoms with Crippen molar-refractivity contribution in [1.82, 2.24) is 25.1 Å². The number of benzene rings is 1. The molecule has 4 heterocycles. The average Bonchev–Trinajstić information content (AvgIpc) is 3.25. The van der Waals surface area contributed by atoms with E-state index < -0.39 is 0 Å². The second-order valence-electron chi connectivity index (χ2n) is 9.53. The standard InChI is InChI=1S/C25H27FN6O/c1-15-23-16(12-31(2)30-23)11-18(24(15)33)19-3-4-21-20(27-19)5-6-22(28-21)32-10-7-17(13-32)29-25(14-26)8-9-25/h3-6,11-12,17,29,33H,7-10,13-14H2,1-2H3. The van der Waals surface area contributed by atoms with Gasteiger partial charge in [-0.05, 0) is 56.5 Å². The summed E-state index contributed by atoms with van der Waals surface area (Å²) in [6.07, 6.45) is 4.81. The molecule has 2 N–H and O–H groups in total. The first-order valence-electron chi connectivity index (χ1n) is 11.5. The van der Waals surface area contributed by atoms with Crippen LogP contribution < -0.4 is 10.2 Å². The highest BCUT2D eigenvalue weighted by atomic mass is 19.1. The zero-order chi connectivity index (χ0) is 22.7. The molecule has 1 atom stereocenters. The molecule has 1 aromatic carbocycles. The molecule has 2 aliphatic rings. The van der Waals surface area contributed by atoms with Gasteiger partial charge in [0.15, 0.2) is 0 Å². The van der Waals surface area contributed by atoms with E-state index in [1.807, 2.05) is 50.5 Å². The molecular weight excluding hydrogens is 419 g/mol. The Hall–Kier alpha value is -3.26. The Kier molecular flexibility index (Phi) is 4.55. The van der Waals surface area contributed by atoms with E-state index in [1.165, 1.54) is 0 Å². The highest BCUT2D eigenvalue weighted by molar-refractivity contribution is 5.91. The van der Waals surface area contributed by atoms with E-state index in [1.54, 1.807) is 4.68 Å². The minimum absolute atomic E-state index is 0.204. The highest BCUT2D eigenvalue weighted by Crippen LogP contribution is 2.38. The van der Waals surface area contributed by atoms with Gasteiger partial charge in [0.25, 0.3) is 0 Å². The maximum atomic E-state index is 13.2. The minimum Gasteiger partial charge on any atom is -0.507 e. The predicted octanol–water partition coefficient (Wildman–Crippen LogP) is 3.87. The molecule has 1 saturated carbocycles. The molecular formula is C25H27FN6O. The Morgan fingerprint density at radius 2 is 1.97 bits per heavy atom. The van der Waals surface area contributed by atoms with Crippen molar-refractivity contribution in [3.05, 3.63) is 42.1 Å². The summed E-state index contributed by atoms with van der Waals surface area (Å²) in [5, 5.41) is 19.7. The van der Waals surface area contributed by atoms with Crippen LogP contribution in [0.15, 0.2) is 36.5 Å². The number of nitrogens with one attached hydrogen (secondary N) is 1. The van der Waals surface area contributed by atoms with Crippen molar-refractivity contribution in [1.29, 1.82) is 0 Å². The Morgan fingerprint density at radius 1 is 1.18 bits per heavy atom. The van der Waals surface area contributed by atoms with E-state index in [9.17, 15) is 9.50 Å². The van der Waals surface area contributed by atoms with Crippen LogP contribution in [0.5, 0.6) is 5.75 Å². The molecule has 0 amide bonds. The van der Waals surface area contributed by atoms with Crippen LogP contribution in [0.25, 0.3) is 33.2 Å². The van der Waals surface area contributed by atoms with E-state index in [0.717, 1.165) is 65.7 Å². The van der Waals surface area contributed by atoms with Crippen LogP contribution >= 0.6 is 0 Å². The van der Waals surface area contributed by atoms with Gasteiger partial charge in [0.05, 0.1) is 22.2 Å². The summed E-state index contributed by atoms with van der Waals surface area (Å²) in [4.78, 5) is 11.9. The fourth-order valence-electron chi connectivity index (χ4n) is 4.95. The third kappa shape index (κ3) is 3.49. The summed E-state index contributed by atoms with van der Waals surface area (Å²) in [5.41, 5.74) is 4.26. The number of rotatable bonds is 5. The summed E-state index contributed by atoms with van der Waals surface area (Å²) in [7, 11) is 1.87. The normalized spacial score (nSPS) is 19.6. The lowest BCUT2D eigenvalue weighted by Gasteiger charge is -2.21.